The van der Waals surface area contributed by atoms with E-state index in [1.54, 1.807) is 0 Å². The molecule has 1 N–H and O–H groups in total. The highest BCUT2D eigenvalue weighted by molar-refractivity contribution is 8.00. The van der Waals surface area contributed by atoms with E-state index in [0.29, 0.717) is 18.3 Å². The second-order valence-electron chi connectivity index (χ2n) is 8.70. The summed E-state index contributed by atoms with van der Waals surface area (Å²) >= 11 is 1.85. The molecule has 2 aliphatic rings. The van der Waals surface area contributed by atoms with Gasteiger partial charge in [0.2, 0.25) is 11.8 Å². The number of nitrogens with zero attached hydrogens (tertiary/aromatic N) is 3. The van der Waals surface area contributed by atoms with E-state index in [2.05, 4.69) is 34.2 Å². The van der Waals surface area contributed by atoms with Gasteiger partial charge in [0.15, 0.2) is 0 Å². The Morgan fingerprint density at radius 1 is 0.938 bits per heavy atom. The maximum absolute atomic E-state index is 13.2. The zero-order chi connectivity index (χ0) is 22.5. The van der Waals surface area contributed by atoms with Crippen LogP contribution in [0.15, 0.2) is 53.4 Å². The predicted molar refractivity (Wildman–Crippen MR) is 131 cm³/mol. The van der Waals surface area contributed by atoms with Gasteiger partial charge in [0.1, 0.15) is 0 Å². The van der Waals surface area contributed by atoms with Gasteiger partial charge in [-0.25, -0.2) is 0 Å². The molecular formula is C25H32N4O2S. The number of carbonyl (C=O) groups excluding carboxylic acids is 2. The number of hydrogen-bond donors (Lipinski definition) is 1. The van der Waals surface area contributed by atoms with Crippen LogP contribution < -0.4 is 10.2 Å². The number of nitrogens with one attached hydrogen (secondary N) is 1. The van der Waals surface area contributed by atoms with Crippen LogP contribution in [0.25, 0.3) is 0 Å². The maximum Gasteiger partial charge on any atom is 0.241 e. The number of carbonyl (C=O) groups is 2. The predicted octanol–water partition coefficient (Wildman–Crippen LogP) is 3.47. The van der Waals surface area contributed by atoms with Crippen molar-refractivity contribution in [2.75, 3.05) is 56.0 Å². The molecule has 1 unspecified atom stereocenters. The van der Waals surface area contributed by atoms with Crippen molar-refractivity contribution in [3.05, 3.63) is 54.1 Å². The minimum Gasteiger partial charge on any atom is -0.325 e. The molecule has 0 radical (unpaired) electrons. The number of anilines is 2. The average Bonchev–Trinajstić information content (AvgIpc) is 2.95. The molecule has 170 valence electrons. The van der Waals surface area contributed by atoms with Crippen molar-refractivity contribution in [1.29, 1.82) is 0 Å². The second kappa shape index (κ2) is 10.5. The first-order chi connectivity index (χ1) is 15.5. The number of para-hydroxylation sites is 1. The Balaban J connectivity index is 1.26. The van der Waals surface area contributed by atoms with Crippen molar-refractivity contribution >= 4 is 35.0 Å². The number of rotatable bonds is 5. The molecule has 6 nitrogen and oxygen atoms in total. The molecule has 2 amide bonds. The molecule has 0 aromatic heterocycles. The van der Waals surface area contributed by atoms with E-state index in [1.165, 1.54) is 10.5 Å². The van der Waals surface area contributed by atoms with Crippen molar-refractivity contribution in [2.45, 2.75) is 30.4 Å². The number of benzene rings is 2. The Morgan fingerprint density at radius 2 is 1.59 bits per heavy atom. The van der Waals surface area contributed by atoms with Crippen molar-refractivity contribution < 1.29 is 9.59 Å². The highest BCUT2D eigenvalue weighted by Gasteiger charge is 2.27. The fourth-order valence-corrected chi connectivity index (χ4v) is 5.28. The van der Waals surface area contributed by atoms with Crippen LogP contribution in [0.1, 0.15) is 18.9 Å². The molecule has 2 aromatic rings. The molecule has 0 spiro atoms. The first kappa shape index (κ1) is 22.8. The number of hydrogen-bond acceptors (Lipinski definition) is 5. The summed E-state index contributed by atoms with van der Waals surface area (Å²) in [5.41, 5.74) is 3.04. The zero-order valence-corrected chi connectivity index (χ0v) is 19.7. The van der Waals surface area contributed by atoms with Crippen LogP contribution in [0.4, 0.5) is 11.4 Å². The lowest BCUT2D eigenvalue weighted by atomic mass is 10.2. The quantitative estimate of drug-likeness (QED) is 0.753. The van der Waals surface area contributed by atoms with Crippen LogP contribution in [0.2, 0.25) is 0 Å². The standard InChI is InChI=1S/C25H32N4O2S/c1-19-7-9-21(10-8-19)26-24(30)17-27-13-15-28(16-14-27)18-25(31)29-12-11-20(2)32-23-6-4-3-5-22(23)29/h3-10,20H,11-18H2,1-2H3,(H,26,30). The topological polar surface area (TPSA) is 55.9 Å². The van der Waals surface area contributed by atoms with Crippen LogP contribution in [0, 0.1) is 6.92 Å². The van der Waals surface area contributed by atoms with Gasteiger partial charge in [-0.3, -0.25) is 19.4 Å². The van der Waals surface area contributed by atoms with E-state index in [4.69, 9.17) is 0 Å². The van der Waals surface area contributed by atoms with Gasteiger partial charge in [0, 0.05) is 48.6 Å². The summed E-state index contributed by atoms with van der Waals surface area (Å²) in [6.45, 7) is 9.00. The first-order valence-electron chi connectivity index (χ1n) is 11.4. The fraction of sp³-hybridized carbons (Fsp3) is 0.440. The second-order valence-corrected chi connectivity index (χ2v) is 10.2. The summed E-state index contributed by atoms with van der Waals surface area (Å²) in [5.74, 6) is 0.170. The number of piperazine rings is 1. The Bertz CT molecular complexity index is 941. The lowest BCUT2D eigenvalue weighted by Gasteiger charge is -2.35. The first-order valence-corrected chi connectivity index (χ1v) is 12.2. The molecule has 1 saturated heterocycles. The number of fused-ring (bicyclic) bond motifs is 1. The third-order valence-corrected chi connectivity index (χ3v) is 7.31. The number of aryl methyl sites for hydroxylation is 1. The van der Waals surface area contributed by atoms with Crippen molar-refractivity contribution in [1.82, 2.24) is 9.80 Å². The van der Waals surface area contributed by atoms with E-state index in [0.717, 1.165) is 50.5 Å². The van der Waals surface area contributed by atoms with Gasteiger partial charge in [-0.05, 0) is 37.6 Å². The molecule has 2 aromatic carbocycles. The van der Waals surface area contributed by atoms with E-state index in [9.17, 15) is 9.59 Å². The van der Waals surface area contributed by atoms with Crippen LogP contribution in [0.5, 0.6) is 0 Å². The summed E-state index contributed by atoms with van der Waals surface area (Å²) < 4.78 is 0. The van der Waals surface area contributed by atoms with E-state index < -0.39 is 0 Å². The molecule has 0 saturated carbocycles. The van der Waals surface area contributed by atoms with E-state index in [1.807, 2.05) is 60.0 Å². The summed E-state index contributed by atoms with van der Waals surface area (Å²) in [5, 5.41) is 3.47. The third kappa shape index (κ3) is 5.91. The molecule has 2 aliphatic heterocycles. The Hall–Kier alpha value is -2.35. The Kier molecular flexibility index (Phi) is 7.50. The lowest BCUT2D eigenvalue weighted by molar-refractivity contribution is -0.121. The minimum atomic E-state index is 0.00572. The molecular weight excluding hydrogens is 420 g/mol. The molecule has 0 aliphatic carbocycles. The van der Waals surface area contributed by atoms with Gasteiger partial charge in [-0.2, -0.15) is 0 Å². The summed E-state index contributed by atoms with van der Waals surface area (Å²) in [4.78, 5) is 33.1. The van der Waals surface area contributed by atoms with Crippen molar-refractivity contribution in [2.24, 2.45) is 0 Å². The van der Waals surface area contributed by atoms with Gasteiger partial charge in [0.05, 0.1) is 18.8 Å². The molecule has 7 heteroatoms. The Labute approximate surface area is 194 Å². The van der Waals surface area contributed by atoms with E-state index >= 15 is 0 Å². The van der Waals surface area contributed by atoms with Crippen LogP contribution in [-0.2, 0) is 9.59 Å². The number of amides is 2. The number of thioether (sulfide) groups is 1. The molecule has 32 heavy (non-hydrogen) atoms. The highest BCUT2D eigenvalue weighted by atomic mass is 32.2. The van der Waals surface area contributed by atoms with E-state index in [-0.39, 0.29) is 11.8 Å². The van der Waals surface area contributed by atoms with Crippen LogP contribution >= 0.6 is 11.8 Å². The summed E-state index contributed by atoms with van der Waals surface area (Å²) in [7, 11) is 0. The largest absolute Gasteiger partial charge is 0.325 e. The lowest BCUT2D eigenvalue weighted by Crippen LogP contribution is -2.51. The van der Waals surface area contributed by atoms with Crippen molar-refractivity contribution in [3.63, 3.8) is 0 Å². The summed E-state index contributed by atoms with van der Waals surface area (Å²) in [6.07, 6.45) is 0.995. The maximum atomic E-state index is 13.2. The monoisotopic (exact) mass is 452 g/mol. The smallest absolute Gasteiger partial charge is 0.241 e. The molecule has 4 rings (SSSR count). The van der Waals surface area contributed by atoms with Gasteiger partial charge in [0.25, 0.3) is 0 Å². The molecule has 1 atom stereocenters. The summed E-state index contributed by atoms with van der Waals surface area (Å²) in [6, 6.07) is 16.1. The minimum absolute atomic E-state index is 0.00572. The Morgan fingerprint density at radius 3 is 2.31 bits per heavy atom. The molecule has 1 fully saturated rings. The fourth-order valence-electron chi connectivity index (χ4n) is 4.17. The van der Waals surface area contributed by atoms with Gasteiger partial charge in [-0.15, -0.1) is 11.8 Å². The molecule has 2 heterocycles. The third-order valence-electron chi connectivity index (χ3n) is 6.07. The van der Waals surface area contributed by atoms with Crippen LogP contribution in [-0.4, -0.2) is 72.7 Å². The molecule has 0 bridgehead atoms. The SMILES string of the molecule is Cc1ccc(NC(=O)CN2CCN(CC(=O)N3CCC(C)Sc4ccccc43)CC2)cc1. The highest BCUT2D eigenvalue weighted by Crippen LogP contribution is 2.37. The average molecular weight is 453 g/mol. The van der Waals surface area contributed by atoms with Crippen molar-refractivity contribution in [3.8, 4) is 0 Å². The van der Waals surface area contributed by atoms with Gasteiger partial charge in [-0.1, -0.05) is 36.8 Å². The van der Waals surface area contributed by atoms with Gasteiger partial charge < -0.3 is 10.2 Å². The van der Waals surface area contributed by atoms with Crippen LogP contribution in [0.3, 0.4) is 0 Å². The van der Waals surface area contributed by atoms with Gasteiger partial charge >= 0.3 is 0 Å². The normalized spacial score (nSPS) is 19.8. The zero-order valence-electron chi connectivity index (χ0n) is 18.9.